The largest absolute Gasteiger partial charge is 0.416 e. The molecule has 2 aromatic carbocycles. The number of halogens is 3. The van der Waals surface area contributed by atoms with Gasteiger partial charge >= 0.3 is 6.18 Å². The molecule has 5 rings (SSSR count). The van der Waals surface area contributed by atoms with Crippen LogP contribution < -0.4 is 0 Å². The summed E-state index contributed by atoms with van der Waals surface area (Å²) in [6.07, 6.45) is -2.14. The van der Waals surface area contributed by atoms with E-state index >= 15 is 0 Å². The van der Waals surface area contributed by atoms with Gasteiger partial charge < -0.3 is 0 Å². The van der Waals surface area contributed by atoms with Crippen LogP contribution in [0.1, 0.15) is 41.2 Å². The highest BCUT2D eigenvalue weighted by molar-refractivity contribution is 6.15. The van der Waals surface area contributed by atoms with Gasteiger partial charge in [-0.05, 0) is 44.1 Å². The average Bonchev–Trinajstić information content (AvgIpc) is 3.35. The molecule has 0 saturated carbocycles. The molecule has 0 unspecified atom stereocenters. The molecule has 3 heterocycles. The standard InChI is InChI=1S/C22H20F3N5/c23-22(24,25)16-8-9-18-17(12-16)21(15-6-2-1-3-7-15)26-13-19-27-28-20(30(18)19)14-29-10-4-5-11-29/h1-3,6-9,12H,4-5,10-11,13-14H2. The molecule has 0 amide bonds. The molecule has 0 aliphatic carbocycles. The molecule has 0 radical (unpaired) electrons. The van der Waals surface area contributed by atoms with Gasteiger partial charge in [-0.15, -0.1) is 10.2 Å². The van der Waals surface area contributed by atoms with Crippen LogP contribution in [0.4, 0.5) is 13.2 Å². The van der Waals surface area contributed by atoms with Gasteiger partial charge in [-0.3, -0.25) is 14.5 Å². The van der Waals surface area contributed by atoms with Crippen LogP contribution in [0.15, 0.2) is 53.5 Å². The molecule has 0 atom stereocenters. The number of aliphatic imine (C=N–C) groups is 1. The van der Waals surface area contributed by atoms with Gasteiger partial charge in [0.2, 0.25) is 0 Å². The van der Waals surface area contributed by atoms with Gasteiger partial charge in [0.05, 0.1) is 23.5 Å². The smallest absolute Gasteiger partial charge is 0.296 e. The Hall–Kier alpha value is -3.00. The zero-order chi connectivity index (χ0) is 20.7. The van der Waals surface area contributed by atoms with Gasteiger partial charge in [0.15, 0.2) is 11.6 Å². The summed E-state index contributed by atoms with van der Waals surface area (Å²) < 4.78 is 42.4. The Bertz CT molecular complexity index is 1100. The van der Waals surface area contributed by atoms with Crippen LogP contribution in [0.2, 0.25) is 0 Å². The van der Waals surface area contributed by atoms with Crippen molar-refractivity contribution in [3.05, 3.63) is 76.9 Å². The van der Waals surface area contributed by atoms with Crippen molar-refractivity contribution in [3.8, 4) is 5.69 Å². The van der Waals surface area contributed by atoms with Crippen molar-refractivity contribution in [1.82, 2.24) is 19.7 Å². The van der Waals surface area contributed by atoms with E-state index in [2.05, 4.69) is 20.1 Å². The van der Waals surface area contributed by atoms with Crippen LogP contribution >= 0.6 is 0 Å². The van der Waals surface area contributed by atoms with E-state index in [0.717, 1.165) is 43.4 Å². The summed E-state index contributed by atoms with van der Waals surface area (Å²) in [6.45, 7) is 2.86. The molecule has 0 N–H and O–H groups in total. The number of alkyl halides is 3. The molecular weight excluding hydrogens is 391 g/mol. The monoisotopic (exact) mass is 411 g/mol. The first kappa shape index (κ1) is 19.0. The van der Waals surface area contributed by atoms with Crippen molar-refractivity contribution in [2.75, 3.05) is 13.1 Å². The first-order chi connectivity index (χ1) is 14.5. The van der Waals surface area contributed by atoms with Gasteiger partial charge in [-0.25, -0.2) is 0 Å². The molecule has 2 aliphatic rings. The minimum atomic E-state index is -4.43. The second-order valence-electron chi connectivity index (χ2n) is 7.61. The van der Waals surface area contributed by atoms with Crippen molar-refractivity contribution in [1.29, 1.82) is 0 Å². The maximum absolute atomic E-state index is 13.5. The van der Waals surface area contributed by atoms with E-state index in [4.69, 9.17) is 0 Å². The van der Waals surface area contributed by atoms with Crippen molar-refractivity contribution in [2.45, 2.75) is 32.1 Å². The number of hydrogen-bond acceptors (Lipinski definition) is 4. The minimum absolute atomic E-state index is 0.257. The molecule has 0 bridgehead atoms. The highest BCUT2D eigenvalue weighted by Gasteiger charge is 2.33. The Kier molecular flexibility index (Phi) is 4.66. The number of nitrogens with zero attached hydrogens (tertiary/aromatic N) is 5. The lowest BCUT2D eigenvalue weighted by atomic mass is 9.98. The summed E-state index contributed by atoms with van der Waals surface area (Å²) >= 11 is 0. The van der Waals surface area contributed by atoms with Gasteiger partial charge in [-0.2, -0.15) is 13.2 Å². The number of fused-ring (bicyclic) bond motifs is 3. The molecule has 2 aliphatic heterocycles. The van der Waals surface area contributed by atoms with Crippen molar-refractivity contribution in [3.63, 3.8) is 0 Å². The number of aromatic nitrogens is 3. The number of rotatable bonds is 3. The maximum atomic E-state index is 13.5. The fourth-order valence-electron chi connectivity index (χ4n) is 4.15. The number of hydrogen-bond donors (Lipinski definition) is 0. The van der Waals surface area contributed by atoms with E-state index in [-0.39, 0.29) is 6.54 Å². The fraction of sp³-hybridized carbons (Fsp3) is 0.318. The number of likely N-dealkylation sites (tertiary alicyclic amines) is 1. The molecule has 8 heteroatoms. The van der Waals surface area contributed by atoms with Crippen molar-refractivity contribution < 1.29 is 13.2 Å². The molecule has 1 aromatic heterocycles. The molecule has 1 saturated heterocycles. The van der Waals surface area contributed by atoms with E-state index in [1.165, 1.54) is 12.1 Å². The van der Waals surface area contributed by atoms with E-state index in [1.54, 1.807) is 0 Å². The highest BCUT2D eigenvalue weighted by atomic mass is 19.4. The van der Waals surface area contributed by atoms with E-state index in [0.29, 0.717) is 29.3 Å². The summed E-state index contributed by atoms with van der Waals surface area (Å²) in [7, 11) is 0. The normalized spacial score (nSPS) is 16.7. The molecule has 0 spiro atoms. The fourth-order valence-corrected chi connectivity index (χ4v) is 4.15. The SMILES string of the molecule is FC(F)(F)c1ccc2c(c1)C(c1ccccc1)=NCc1nnc(CN3CCCC3)n1-2. The van der Waals surface area contributed by atoms with Crippen LogP contribution in [-0.2, 0) is 19.3 Å². The van der Waals surface area contributed by atoms with Crippen molar-refractivity contribution in [2.24, 2.45) is 4.99 Å². The van der Waals surface area contributed by atoms with Gasteiger partial charge in [0, 0.05) is 11.1 Å². The summed E-state index contributed by atoms with van der Waals surface area (Å²) in [5, 5.41) is 8.66. The van der Waals surface area contributed by atoms with E-state index in [1.807, 2.05) is 34.9 Å². The average molecular weight is 411 g/mol. The second-order valence-corrected chi connectivity index (χ2v) is 7.61. The van der Waals surface area contributed by atoms with Crippen LogP contribution in [-0.4, -0.2) is 38.5 Å². The number of benzene rings is 2. The molecule has 30 heavy (non-hydrogen) atoms. The van der Waals surface area contributed by atoms with Crippen LogP contribution in [0.3, 0.4) is 0 Å². The molecule has 5 nitrogen and oxygen atoms in total. The summed E-state index contributed by atoms with van der Waals surface area (Å²) in [5.74, 6) is 1.37. The third-order valence-corrected chi connectivity index (χ3v) is 5.61. The van der Waals surface area contributed by atoms with Crippen LogP contribution in [0.5, 0.6) is 0 Å². The zero-order valence-electron chi connectivity index (χ0n) is 16.2. The first-order valence-corrected chi connectivity index (χ1v) is 9.98. The summed E-state index contributed by atoms with van der Waals surface area (Å²) in [4.78, 5) is 6.95. The molecule has 3 aromatic rings. The van der Waals surface area contributed by atoms with Crippen LogP contribution in [0, 0.1) is 0 Å². The predicted molar refractivity (Wildman–Crippen MR) is 107 cm³/mol. The minimum Gasteiger partial charge on any atom is -0.296 e. The van der Waals surface area contributed by atoms with Crippen LogP contribution in [0.25, 0.3) is 5.69 Å². The molecule has 154 valence electrons. The summed E-state index contributed by atoms with van der Waals surface area (Å²) in [6, 6.07) is 13.1. The van der Waals surface area contributed by atoms with Crippen molar-refractivity contribution >= 4 is 5.71 Å². The first-order valence-electron chi connectivity index (χ1n) is 9.98. The highest BCUT2D eigenvalue weighted by Crippen LogP contribution is 2.34. The van der Waals surface area contributed by atoms with E-state index in [9.17, 15) is 13.2 Å². The third-order valence-electron chi connectivity index (χ3n) is 5.61. The Balaban J connectivity index is 1.67. The zero-order valence-corrected chi connectivity index (χ0v) is 16.2. The van der Waals surface area contributed by atoms with Gasteiger partial charge in [-0.1, -0.05) is 30.3 Å². The molecule has 1 fully saturated rings. The Morgan fingerprint density at radius 3 is 2.43 bits per heavy atom. The topological polar surface area (TPSA) is 46.3 Å². The Morgan fingerprint density at radius 2 is 1.70 bits per heavy atom. The lowest BCUT2D eigenvalue weighted by Gasteiger charge is -2.18. The Labute approximate surface area is 171 Å². The lowest BCUT2D eigenvalue weighted by molar-refractivity contribution is -0.137. The van der Waals surface area contributed by atoms with Gasteiger partial charge in [0.1, 0.15) is 6.54 Å². The Morgan fingerprint density at radius 1 is 0.933 bits per heavy atom. The van der Waals surface area contributed by atoms with E-state index < -0.39 is 11.7 Å². The quantitative estimate of drug-likeness (QED) is 0.648. The predicted octanol–water partition coefficient (Wildman–Crippen LogP) is 4.23. The maximum Gasteiger partial charge on any atom is 0.416 e. The third kappa shape index (κ3) is 3.41. The lowest BCUT2D eigenvalue weighted by Crippen LogP contribution is -2.22. The molecular formula is C22H20F3N5. The summed E-state index contributed by atoms with van der Waals surface area (Å²) in [5.41, 5.74) is 1.70. The van der Waals surface area contributed by atoms with Gasteiger partial charge in [0.25, 0.3) is 0 Å². The second kappa shape index (κ2) is 7.36.